The summed E-state index contributed by atoms with van der Waals surface area (Å²) in [5.74, 6) is -1.73. The number of ketones is 1. The lowest BCUT2D eigenvalue weighted by Crippen LogP contribution is -2.32. The van der Waals surface area contributed by atoms with Gasteiger partial charge in [0, 0.05) is 12.8 Å². The highest BCUT2D eigenvalue weighted by atomic mass is 31.2. The van der Waals surface area contributed by atoms with E-state index in [-0.39, 0.29) is 31.8 Å². The number of rotatable bonds is 6. The molecule has 0 amide bonds. The highest BCUT2D eigenvalue weighted by Crippen LogP contribution is 2.65. The fraction of sp³-hybridized carbons (Fsp3) is 0.727. The van der Waals surface area contributed by atoms with E-state index in [1.54, 1.807) is 0 Å². The average molecular weight is 282 g/mol. The van der Waals surface area contributed by atoms with E-state index in [0.29, 0.717) is 0 Å². The van der Waals surface area contributed by atoms with Gasteiger partial charge in [0.15, 0.2) is 0 Å². The Morgan fingerprint density at radius 3 is 2.39 bits per heavy atom. The van der Waals surface area contributed by atoms with Crippen LogP contribution in [-0.2, 0) is 18.4 Å². The Labute approximate surface area is 105 Å². The monoisotopic (exact) mass is 282 g/mol. The van der Waals surface area contributed by atoms with Gasteiger partial charge in [-0.15, -0.1) is 0 Å². The zero-order valence-corrected chi connectivity index (χ0v) is 11.3. The molecule has 0 heterocycles. The number of carbonyl (C=O) groups excluding carboxylic acids is 1. The van der Waals surface area contributed by atoms with Crippen LogP contribution < -0.4 is 0 Å². The molecule has 0 spiro atoms. The molecule has 0 bridgehead atoms. The van der Waals surface area contributed by atoms with Gasteiger partial charge in [0.2, 0.25) is 0 Å². The fourth-order valence-electron chi connectivity index (χ4n) is 1.75. The van der Waals surface area contributed by atoms with E-state index in [4.69, 9.17) is 0 Å². The van der Waals surface area contributed by atoms with Crippen LogP contribution in [-0.4, -0.2) is 24.7 Å². The largest absolute Gasteiger partial charge is 0.400 e. The fourth-order valence-corrected chi connectivity index (χ4v) is 3.43. The van der Waals surface area contributed by atoms with Crippen LogP contribution in [0.5, 0.6) is 0 Å². The summed E-state index contributed by atoms with van der Waals surface area (Å²) in [5.41, 5.74) is -3.69. The highest BCUT2D eigenvalue weighted by Gasteiger charge is 2.58. The number of carbonyl (C=O) groups is 1. The van der Waals surface area contributed by atoms with Crippen LogP contribution in [0.4, 0.5) is 8.78 Å². The summed E-state index contributed by atoms with van der Waals surface area (Å²) in [6.45, 7) is 2.64. The Kier molecular flexibility index (Phi) is 5.20. The van der Waals surface area contributed by atoms with Gasteiger partial charge in [-0.05, 0) is 13.8 Å². The number of Topliss-reactive ketones (excluding diaryl/α,β-unsaturated/α-hetero) is 1. The van der Waals surface area contributed by atoms with Gasteiger partial charge >= 0.3 is 13.3 Å². The lowest BCUT2D eigenvalue weighted by Gasteiger charge is -2.31. The minimum Gasteiger partial charge on any atom is -0.305 e. The van der Waals surface area contributed by atoms with Crippen molar-refractivity contribution in [2.24, 2.45) is 5.92 Å². The number of allylic oxidation sites excluding steroid dienone is 2. The first-order valence-electron chi connectivity index (χ1n) is 5.82. The van der Waals surface area contributed by atoms with Crippen molar-refractivity contribution in [2.45, 2.75) is 32.4 Å². The molecule has 0 saturated heterocycles. The van der Waals surface area contributed by atoms with Crippen LogP contribution in [0.1, 0.15) is 26.7 Å². The van der Waals surface area contributed by atoms with Crippen molar-refractivity contribution in [2.75, 3.05) is 13.2 Å². The molecule has 0 aromatic heterocycles. The molecule has 7 heteroatoms. The van der Waals surface area contributed by atoms with Gasteiger partial charge in [-0.1, -0.05) is 12.2 Å². The summed E-state index contributed by atoms with van der Waals surface area (Å²) >= 11 is 0. The number of hydrogen-bond donors (Lipinski definition) is 0. The van der Waals surface area contributed by atoms with Gasteiger partial charge < -0.3 is 9.05 Å². The second-order valence-corrected chi connectivity index (χ2v) is 6.01. The first-order valence-corrected chi connectivity index (χ1v) is 7.37. The molecule has 1 aliphatic carbocycles. The minimum atomic E-state index is -4.55. The topological polar surface area (TPSA) is 52.6 Å². The van der Waals surface area contributed by atoms with Crippen LogP contribution >= 0.6 is 7.60 Å². The number of hydrogen-bond acceptors (Lipinski definition) is 4. The number of halogens is 2. The van der Waals surface area contributed by atoms with Gasteiger partial charge in [0.1, 0.15) is 5.78 Å². The molecule has 1 atom stereocenters. The third kappa shape index (κ3) is 3.05. The van der Waals surface area contributed by atoms with Gasteiger partial charge in [-0.25, -0.2) is 0 Å². The molecule has 1 unspecified atom stereocenters. The molecule has 4 nitrogen and oxygen atoms in total. The zero-order valence-electron chi connectivity index (χ0n) is 10.4. The minimum absolute atomic E-state index is 0.139. The quantitative estimate of drug-likeness (QED) is 0.553. The van der Waals surface area contributed by atoms with E-state index in [9.17, 15) is 18.1 Å². The third-order valence-electron chi connectivity index (χ3n) is 2.57. The normalized spacial score (nSPS) is 21.3. The maximum absolute atomic E-state index is 14.2. The smallest absolute Gasteiger partial charge is 0.305 e. The summed E-state index contributed by atoms with van der Waals surface area (Å²) in [6.07, 6.45) is 2.38. The second-order valence-electron chi connectivity index (χ2n) is 3.90. The van der Waals surface area contributed by atoms with Crippen molar-refractivity contribution in [3.63, 3.8) is 0 Å². The molecule has 1 aliphatic rings. The summed E-state index contributed by atoms with van der Waals surface area (Å²) in [6, 6.07) is 0. The van der Waals surface area contributed by atoms with E-state index in [0.717, 1.165) is 0 Å². The maximum Gasteiger partial charge on any atom is 0.400 e. The van der Waals surface area contributed by atoms with Gasteiger partial charge in [0.05, 0.1) is 19.1 Å². The molecule has 0 fully saturated rings. The summed E-state index contributed by atoms with van der Waals surface area (Å²) in [5, 5.41) is 0. The van der Waals surface area contributed by atoms with Crippen molar-refractivity contribution in [1.29, 1.82) is 0 Å². The third-order valence-corrected chi connectivity index (χ3v) is 4.83. The van der Waals surface area contributed by atoms with Crippen LogP contribution in [0.25, 0.3) is 0 Å². The van der Waals surface area contributed by atoms with Gasteiger partial charge in [-0.2, -0.15) is 8.78 Å². The van der Waals surface area contributed by atoms with E-state index < -0.39 is 19.2 Å². The Morgan fingerprint density at radius 1 is 1.39 bits per heavy atom. The molecule has 0 aliphatic heterocycles. The molecular formula is C11H17F2O4P. The van der Waals surface area contributed by atoms with Crippen LogP contribution in [0.3, 0.4) is 0 Å². The lowest BCUT2D eigenvalue weighted by molar-refractivity contribution is -0.121. The average Bonchev–Trinajstić information content (AvgIpc) is 2.29. The highest BCUT2D eigenvalue weighted by molar-refractivity contribution is 7.55. The maximum atomic E-state index is 14.2. The van der Waals surface area contributed by atoms with E-state index >= 15 is 0 Å². The molecule has 0 radical (unpaired) electrons. The van der Waals surface area contributed by atoms with E-state index in [1.807, 2.05) is 0 Å². The molecule has 0 N–H and O–H groups in total. The van der Waals surface area contributed by atoms with Crippen molar-refractivity contribution in [3.05, 3.63) is 12.2 Å². The van der Waals surface area contributed by atoms with E-state index in [1.165, 1.54) is 26.0 Å². The Hall–Kier alpha value is -0.580. The molecule has 104 valence electrons. The summed E-state index contributed by atoms with van der Waals surface area (Å²) in [7, 11) is -4.55. The SMILES string of the molecule is CCOP(=O)(OCC)C(F)(F)C1C=CCC(=O)C1. The molecular weight excluding hydrogens is 265 g/mol. The van der Waals surface area contributed by atoms with Crippen LogP contribution in [0, 0.1) is 5.92 Å². The Balaban J connectivity index is 3.00. The predicted molar refractivity (Wildman–Crippen MR) is 62.7 cm³/mol. The lowest BCUT2D eigenvalue weighted by atomic mass is 9.95. The van der Waals surface area contributed by atoms with Crippen molar-refractivity contribution in [1.82, 2.24) is 0 Å². The molecule has 1 rings (SSSR count). The van der Waals surface area contributed by atoms with Crippen LogP contribution in [0.15, 0.2) is 12.2 Å². The Bertz CT molecular complexity index is 371. The molecule has 0 saturated carbocycles. The standard InChI is InChI=1S/C11H17F2O4P/c1-3-16-18(15,17-4-2)11(12,13)9-6-5-7-10(14)8-9/h5-6,9H,3-4,7-8H2,1-2H3. The summed E-state index contributed by atoms with van der Waals surface area (Å²) < 4.78 is 49.8. The van der Waals surface area contributed by atoms with Crippen molar-refractivity contribution in [3.8, 4) is 0 Å². The molecule has 0 aromatic carbocycles. The van der Waals surface area contributed by atoms with Crippen LogP contribution in [0.2, 0.25) is 0 Å². The molecule has 18 heavy (non-hydrogen) atoms. The van der Waals surface area contributed by atoms with E-state index in [2.05, 4.69) is 9.05 Å². The van der Waals surface area contributed by atoms with Gasteiger partial charge in [0.25, 0.3) is 0 Å². The predicted octanol–water partition coefficient (Wildman–Crippen LogP) is 3.38. The summed E-state index contributed by atoms with van der Waals surface area (Å²) in [4.78, 5) is 11.2. The molecule has 0 aromatic rings. The Morgan fingerprint density at radius 2 is 1.94 bits per heavy atom. The second kappa shape index (κ2) is 6.04. The first kappa shape index (κ1) is 15.5. The van der Waals surface area contributed by atoms with Crippen molar-refractivity contribution >= 4 is 13.4 Å². The van der Waals surface area contributed by atoms with Crippen molar-refractivity contribution < 1.29 is 27.2 Å². The van der Waals surface area contributed by atoms with Gasteiger partial charge in [-0.3, -0.25) is 9.36 Å². The zero-order chi connectivity index (χ0) is 13.8. The number of alkyl halides is 2. The first-order chi connectivity index (χ1) is 8.37.